The molecule has 1 N–H and O–H groups in total. The van der Waals surface area contributed by atoms with E-state index >= 15 is 4.39 Å². The molecular weight excluding hydrogens is 531 g/mol. The number of hydrogen-bond donors (Lipinski definition) is 1. The first-order chi connectivity index (χ1) is 17.1. The Morgan fingerprint density at radius 3 is 2.30 bits per heavy atom. The van der Waals surface area contributed by atoms with E-state index in [0.717, 1.165) is 18.2 Å². The van der Waals surface area contributed by atoms with E-state index in [4.69, 9.17) is 0 Å². The third kappa shape index (κ3) is 5.24. The van der Waals surface area contributed by atoms with E-state index in [1.807, 2.05) is 0 Å². The molecule has 14 heteroatoms. The molecular formula is C23H18F7N3O3S. The molecule has 0 bridgehead atoms. The Hall–Kier alpha value is -3.29. The van der Waals surface area contributed by atoms with Crippen LogP contribution in [-0.2, 0) is 22.2 Å². The Kier molecular flexibility index (Phi) is 6.67. The number of pyridine rings is 2. The molecule has 1 amide bonds. The molecule has 37 heavy (non-hydrogen) atoms. The number of benzene rings is 1. The Balaban J connectivity index is 1.52. The van der Waals surface area contributed by atoms with Crippen molar-refractivity contribution in [1.82, 2.24) is 15.3 Å². The average molecular weight is 549 g/mol. The van der Waals surface area contributed by atoms with Crippen LogP contribution in [-0.4, -0.2) is 35.3 Å². The molecule has 0 spiro atoms. The summed E-state index contributed by atoms with van der Waals surface area (Å²) in [4.78, 5) is 19.2. The van der Waals surface area contributed by atoms with E-state index in [-0.39, 0.29) is 23.7 Å². The quantitative estimate of drug-likeness (QED) is 0.436. The van der Waals surface area contributed by atoms with Gasteiger partial charge >= 0.3 is 12.4 Å². The second kappa shape index (κ2) is 9.23. The van der Waals surface area contributed by atoms with Crippen LogP contribution < -0.4 is 5.32 Å². The minimum atomic E-state index is -4.95. The molecule has 0 aliphatic heterocycles. The van der Waals surface area contributed by atoms with E-state index in [1.165, 1.54) is 18.5 Å². The van der Waals surface area contributed by atoms with Gasteiger partial charge in [0.25, 0.3) is 5.91 Å². The van der Waals surface area contributed by atoms with Crippen molar-refractivity contribution >= 4 is 26.6 Å². The molecule has 1 aliphatic rings. The van der Waals surface area contributed by atoms with Gasteiger partial charge in [-0.25, -0.2) is 17.8 Å². The van der Waals surface area contributed by atoms with Crippen LogP contribution in [0.3, 0.4) is 0 Å². The number of nitrogens with zero attached hydrogens (tertiary/aromatic N) is 2. The summed E-state index contributed by atoms with van der Waals surface area (Å²) in [6, 6.07) is 4.08. The summed E-state index contributed by atoms with van der Waals surface area (Å²) in [6.45, 7) is 0. The highest BCUT2D eigenvalue weighted by atomic mass is 32.2. The fraction of sp³-hybridized carbons (Fsp3) is 0.348. The van der Waals surface area contributed by atoms with Crippen molar-refractivity contribution in [3.63, 3.8) is 0 Å². The molecule has 1 fully saturated rings. The third-order valence-corrected chi connectivity index (χ3v) is 8.39. The van der Waals surface area contributed by atoms with Gasteiger partial charge in [0.1, 0.15) is 0 Å². The number of carbonyl (C=O) groups excluding carboxylic acids is 1. The zero-order chi connectivity index (χ0) is 27.2. The lowest BCUT2D eigenvalue weighted by atomic mass is 9.93. The van der Waals surface area contributed by atoms with Gasteiger partial charge < -0.3 is 5.32 Å². The van der Waals surface area contributed by atoms with Crippen LogP contribution in [0.15, 0.2) is 53.7 Å². The van der Waals surface area contributed by atoms with E-state index < -0.39 is 73.7 Å². The van der Waals surface area contributed by atoms with Crippen LogP contribution in [0.5, 0.6) is 0 Å². The minimum Gasteiger partial charge on any atom is -0.349 e. The number of fused-ring (bicyclic) bond motifs is 1. The van der Waals surface area contributed by atoms with E-state index in [1.54, 1.807) is 0 Å². The van der Waals surface area contributed by atoms with E-state index in [9.17, 15) is 39.6 Å². The molecule has 0 radical (unpaired) electrons. The zero-order valence-corrected chi connectivity index (χ0v) is 19.5. The fourth-order valence-corrected chi connectivity index (χ4v) is 5.92. The number of carbonyl (C=O) groups is 1. The van der Waals surface area contributed by atoms with E-state index in [2.05, 4.69) is 15.3 Å². The first kappa shape index (κ1) is 26.8. The number of rotatable bonds is 4. The van der Waals surface area contributed by atoms with Crippen LogP contribution in [0.1, 0.15) is 47.3 Å². The first-order valence-electron chi connectivity index (χ1n) is 10.9. The Bertz CT molecular complexity index is 1450. The van der Waals surface area contributed by atoms with Crippen molar-refractivity contribution in [3.8, 4) is 0 Å². The van der Waals surface area contributed by atoms with Gasteiger partial charge in [0.05, 0.1) is 21.5 Å². The van der Waals surface area contributed by atoms with Gasteiger partial charge in [-0.1, -0.05) is 6.07 Å². The molecule has 1 saturated carbocycles. The lowest BCUT2D eigenvalue weighted by molar-refractivity contribution is -0.141. The summed E-state index contributed by atoms with van der Waals surface area (Å²) in [7, 11) is -4.84. The lowest BCUT2D eigenvalue weighted by Crippen LogP contribution is -2.45. The van der Waals surface area contributed by atoms with Crippen molar-refractivity contribution in [2.24, 2.45) is 0 Å². The van der Waals surface area contributed by atoms with Crippen molar-refractivity contribution in [3.05, 3.63) is 65.6 Å². The van der Waals surface area contributed by atoms with Gasteiger partial charge in [0.15, 0.2) is 5.69 Å². The van der Waals surface area contributed by atoms with Crippen molar-refractivity contribution < 1.29 is 43.9 Å². The zero-order valence-electron chi connectivity index (χ0n) is 18.7. The van der Waals surface area contributed by atoms with Crippen LogP contribution in [0.2, 0.25) is 0 Å². The molecule has 4 rings (SSSR count). The summed E-state index contributed by atoms with van der Waals surface area (Å²) in [6.07, 6.45) is -9.21. The molecule has 2 aromatic heterocycles. The molecule has 2 heterocycles. The van der Waals surface area contributed by atoms with Crippen LogP contribution in [0.25, 0.3) is 10.9 Å². The summed E-state index contributed by atoms with van der Waals surface area (Å²) >= 11 is 0. The second-order valence-electron chi connectivity index (χ2n) is 8.61. The number of alkyl halides is 7. The number of nitrogens with one attached hydrogen (secondary N) is 1. The van der Waals surface area contributed by atoms with Gasteiger partial charge in [0, 0.05) is 23.8 Å². The van der Waals surface area contributed by atoms with Gasteiger partial charge in [-0.3, -0.25) is 9.78 Å². The Morgan fingerprint density at radius 2 is 1.68 bits per heavy atom. The maximum absolute atomic E-state index is 15.5. The van der Waals surface area contributed by atoms with Gasteiger partial charge in [-0.05, 0) is 56.0 Å². The maximum atomic E-state index is 15.5. The van der Waals surface area contributed by atoms with Crippen LogP contribution >= 0.6 is 0 Å². The summed E-state index contributed by atoms with van der Waals surface area (Å²) in [5.41, 5.74) is -3.48. The highest BCUT2D eigenvalue weighted by Gasteiger charge is 2.48. The van der Waals surface area contributed by atoms with Gasteiger partial charge in [0.2, 0.25) is 14.8 Å². The second-order valence-corrected chi connectivity index (χ2v) is 10.8. The smallest absolute Gasteiger partial charge is 0.349 e. The van der Waals surface area contributed by atoms with Crippen molar-refractivity contribution in [2.75, 3.05) is 0 Å². The predicted octanol–water partition coefficient (Wildman–Crippen LogP) is 5.48. The maximum Gasteiger partial charge on any atom is 0.434 e. The molecule has 1 aromatic carbocycles. The topological polar surface area (TPSA) is 89.0 Å². The number of amides is 1. The monoisotopic (exact) mass is 549 g/mol. The Labute approximate surface area is 205 Å². The summed E-state index contributed by atoms with van der Waals surface area (Å²) in [5, 5.41) is -0.370. The molecule has 6 nitrogen and oxygen atoms in total. The minimum absolute atomic E-state index is 0.0291. The normalized spacial score (nSPS) is 21.1. The SMILES string of the molecule is O=C(NC1CCC(F)(S(=O)(=O)c2cccc(C(F)(F)F)c2)CC1)c1cc2cnccc2nc1C(F)(F)F. The fourth-order valence-electron chi connectivity index (χ4n) is 4.18. The van der Waals surface area contributed by atoms with Gasteiger partial charge in [-0.15, -0.1) is 0 Å². The molecule has 0 atom stereocenters. The summed E-state index contributed by atoms with van der Waals surface area (Å²) < 4.78 is 121. The lowest BCUT2D eigenvalue weighted by Gasteiger charge is -2.34. The van der Waals surface area contributed by atoms with Crippen LogP contribution in [0, 0.1) is 0 Å². The first-order valence-corrected chi connectivity index (χ1v) is 12.3. The molecule has 0 unspecified atom stereocenters. The highest BCUT2D eigenvalue weighted by Crippen LogP contribution is 2.42. The van der Waals surface area contributed by atoms with Crippen molar-refractivity contribution in [1.29, 1.82) is 0 Å². The number of halogens is 7. The molecule has 1 aliphatic carbocycles. The average Bonchev–Trinajstić information content (AvgIpc) is 2.83. The number of sulfone groups is 1. The standard InChI is InChI=1S/C23H18F7N3O3S/c24-21(37(35,36)16-3-1-2-14(11-16)22(25,26)27)7-4-15(5-8-21)32-20(34)17-10-13-12-31-9-6-18(13)33-19(17)23(28,29)30/h1-3,6,9-12,15H,4-5,7-8H2,(H,32,34). The molecule has 3 aromatic rings. The largest absolute Gasteiger partial charge is 0.434 e. The third-order valence-electron chi connectivity index (χ3n) is 6.15. The predicted molar refractivity (Wildman–Crippen MR) is 117 cm³/mol. The molecule has 198 valence electrons. The van der Waals surface area contributed by atoms with Gasteiger partial charge in [-0.2, -0.15) is 26.3 Å². The Morgan fingerprint density at radius 1 is 1.00 bits per heavy atom. The number of aromatic nitrogens is 2. The highest BCUT2D eigenvalue weighted by molar-refractivity contribution is 7.92. The summed E-state index contributed by atoms with van der Waals surface area (Å²) in [5.74, 6) is -1.14. The van der Waals surface area contributed by atoms with Crippen LogP contribution in [0.4, 0.5) is 30.7 Å². The van der Waals surface area contributed by atoms with Crippen molar-refractivity contribution in [2.45, 2.75) is 54.0 Å². The number of hydrogen-bond acceptors (Lipinski definition) is 5. The van der Waals surface area contributed by atoms with E-state index in [0.29, 0.717) is 12.1 Å². The molecule has 0 saturated heterocycles.